The van der Waals surface area contributed by atoms with E-state index in [0.29, 0.717) is 12.4 Å². The lowest BCUT2D eigenvalue weighted by Crippen LogP contribution is -2.15. The van der Waals surface area contributed by atoms with Gasteiger partial charge in [-0.1, -0.05) is 24.8 Å². The Bertz CT molecular complexity index is 780. The molecule has 0 heterocycles. The maximum atomic E-state index is 10.6. The molecule has 6 heteroatoms. The van der Waals surface area contributed by atoms with Gasteiger partial charge in [-0.3, -0.25) is 15.1 Å². The molecule has 0 fully saturated rings. The molecular formula is C18H20N4O2. The van der Waals surface area contributed by atoms with Gasteiger partial charge in [-0.05, 0) is 29.3 Å². The average molecular weight is 324 g/mol. The number of benzene rings is 2. The van der Waals surface area contributed by atoms with E-state index >= 15 is 0 Å². The summed E-state index contributed by atoms with van der Waals surface area (Å²) in [5.41, 5.74) is 9.83. The zero-order valence-corrected chi connectivity index (χ0v) is 13.8. The van der Waals surface area contributed by atoms with Gasteiger partial charge >= 0.3 is 0 Å². The van der Waals surface area contributed by atoms with Crippen molar-refractivity contribution in [2.45, 2.75) is 6.54 Å². The Hall–Kier alpha value is -3.15. The van der Waals surface area contributed by atoms with Crippen LogP contribution in [-0.4, -0.2) is 24.9 Å². The highest BCUT2D eigenvalue weighted by Crippen LogP contribution is 2.21. The molecule has 2 aromatic rings. The first-order valence-corrected chi connectivity index (χ1v) is 7.40. The Kier molecular flexibility index (Phi) is 5.31. The molecule has 2 N–H and O–H groups in total. The Morgan fingerprint density at radius 1 is 1.29 bits per heavy atom. The fourth-order valence-electron chi connectivity index (χ4n) is 2.28. The molecule has 0 aliphatic carbocycles. The smallest absolute Gasteiger partial charge is 0.269 e. The third kappa shape index (κ3) is 3.98. The topological polar surface area (TPSA) is 84.8 Å². The number of anilines is 1. The zero-order valence-electron chi connectivity index (χ0n) is 13.8. The van der Waals surface area contributed by atoms with E-state index in [1.807, 2.05) is 37.2 Å². The Labute approximate surface area is 141 Å². The van der Waals surface area contributed by atoms with Crippen LogP contribution in [0.5, 0.6) is 0 Å². The highest BCUT2D eigenvalue weighted by molar-refractivity contribution is 5.98. The summed E-state index contributed by atoms with van der Waals surface area (Å²) in [6, 6.07) is 12.1. The lowest BCUT2D eigenvalue weighted by molar-refractivity contribution is -0.384. The number of hydrogen-bond donors (Lipinski definition) is 1. The fourth-order valence-corrected chi connectivity index (χ4v) is 2.28. The lowest BCUT2D eigenvalue weighted by atomic mass is 10.1. The van der Waals surface area contributed by atoms with Crippen LogP contribution in [-0.2, 0) is 6.54 Å². The van der Waals surface area contributed by atoms with Crippen molar-refractivity contribution >= 4 is 23.3 Å². The van der Waals surface area contributed by atoms with E-state index in [2.05, 4.69) is 11.6 Å². The largest absolute Gasteiger partial charge is 0.383 e. The molecule has 0 saturated heterocycles. The van der Waals surface area contributed by atoms with Crippen LogP contribution in [0, 0.1) is 10.1 Å². The van der Waals surface area contributed by atoms with Gasteiger partial charge in [0.15, 0.2) is 0 Å². The molecule has 2 aromatic carbocycles. The van der Waals surface area contributed by atoms with Crippen molar-refractivity contribution in [3.63, 3.8) is 0 Å². The molecule has 0 atom stereocenters. The molecular weight excluding hydrogens is 304 g/mol. The van der Waals surface area contributed by atoms with E-state index in [-0.39, 0.29) is 5.69 Å². The van der Waals surface area contributed by atoms with Gasteiger partial charge in [0.05, 0.1) is 11.5 Å². The molecule has 6 nitrogen and oxygen atoms in total. The number of non-ortho nitro benzene ring substituents is 1. The van der Waals surface area contributed by atoms with Gasteiger partial charge < -0.3 is 10.6 Å². The van der Waals surface area contributed by atoms with Crippen LogP contribution in [0.15, 0.2) is 54.0 Å². The molecule has 0 aliphatic heterocycles. The van der Waals surface area contributed by atoms with E-state index in [1.165, 1.54) is 12.1 Å². The maximum Gasteiger partial charge on any atom is 0.269 e. The molecule has 2 rings (SSSR count). The summed E-state index contributed by atoms with van der Waals surface area (Å²) in [6.07, 6.45) is 1.78. The number of nitro groups is 1. The van der Waals surface area contributed by atoms with E-state index in [4.69, 9.17) is 5.73 Å². The second-order valence-electron chi connectivity index (χ2n) is 5.50. The molecule has 0 radical (unpaired) electrons. The van der Waals surface area contributed by atoms with Crippen LogP contribution < -0.4 is 10.6 Å². The first-order chi connectivity index (χ1) is 11.4. The lowest BCUT2D eigenvalue weighted by Gasteiger charge is -2.16. The number of nitrogens with zero attached hydrogens (tertiary/aromatic N) is 3. The third-order valence-electron chi connectivity index (χ3n) is 3.60. The number of nitro benzene ring substituents is 1. The molecule has 0 aromatic heterocycles. The Morgan fingerprint density at radius 3 is 2.50 bits per heavy atom. The Balaban J connectivity index is 2.18. The number of nitrogens with two attached hydrogens (primary N) is 1. The van der Waals surface area contributed by atoms with Crippen LogP contribution >= 0.6 is 0 Å². The van der Waals surface area contributed by atoms with E-state index in [0.717, 1.165) is 22.4 Å². The summed E-state index contributed by atoms with van der Waals surface area (Å²) in [6.45, 7) is 4.19. The predicted octanol–water partition coefficient (Wildman–Crippen LogP) is 3.21. The van der Waals surface area contributed by atoms with Gasteiger partial charge in [-0.25, -0.2) is 0 Å². The van der Waals surface area contributed by atoms with Crippen molar-refractivity contribution in [3.05, 3.63) is 75.8 Å². The van der Waals surface area contributed by atoms with Gasteiger partial charge in [0.2, 0.25) is 0 Å². The van der Waals surface area contributed by atoms with Gasteiger partial charge in [0, 0.05) is 37.5 Å². The van der Waals surface area contributed by atoms with Crippen LogP contribution in [0.1, 0.15) is 16.7 Å². The summed E-state index contributed by atoms with van der Waals surface area (Å²) in [5.74, 6) is 0.418. The maximum absolute atomic E-state index is 10.6. The Morgan fingerprint density at radius 2 is 1.96 bits per heavy atom. The molecule has 0 aliphatic rings. The fraction of sp³-hybridized carbons (Fsp3) is 0.167. The van der Waals surface area contributed by atoms with Gasteiger partial charge in [-0.2, -0.15) is 0 Å². The highest BCUT2D eigenvalue weighted by Gasteiger charge is 2.06. The minimum Gasteiger partial charge on any atom is -0.383 e. The van der Waals surface area contributed by atoms with Crippen LogP contribution in [0.25, 0.3) is 6.08 Å². The first-order valence-electron chi connectivity index (χ1n) is 7.40. The van der Waals surface area contributed by atoms with Crippen LogP contribution in [0.4, 0.5) is 11.4 Å². The number of rotatable bonds is 6. The summed E-state index contributed by atoms with van der Waals surface area (Å²) >= 11 is 0. The van der Waals surface area contributed by atoms with E-state index in [9.17, 15) is 10.1 Å². The molecule has 0 saturated carbocycles. The van der Waals surface area contributed by atoms with Crippen molar-refractivity contribution in [3.8, 4) is 0 Å². The second-order valence-corrected chi connectivity index (χ2v) is 5.50. The monoisotopic (exact) mass is 324 g/mol. The summed E-state index contributed by atoms with van der Waals surface area (Å²) < 4.78 is 0. The molecule has 0 bridgehead atoms. The van der Waals surface area contributed by atoms with Crippen LogP contribution in [0.3, 0.4) is 0 Å². The molecule has 0 unspecified atom stereocenters. The average Bonchev–Trinajstić information content (AvgIpc) is 2.59. The van der Waals surface area contributed by atoms with Gasteiger partial charge in [0.25, 0.3) is 5.69 Å². The van der Waals surface area contributed by atoms with Gasteiger partial charge in [-0.15, -0.1) is 0 Å². The van der Waals surface area contributed by atoms with Crippen molar-refractivity contribution in [2.24, 2.45) is 10.7 Å². The number of amidine groups is 1. The van der Waals surface area contributed by atoms with Crippen molar-refractivity contribution < 1.29 is 4.92 Å². The number of aliphatic imine (C=N–C) groups is 1. The van der Waals surface area contributed by atoms with Crippen molar-refractivity contribution in [1.82, 2.24) is 0 Å². The number of hydrogen-bond acceptors (Lipinski definition) is 4. The minimum atomic E-state index is -0.426. The van der Waals surface area contributed by atoms with Crippen molar-refractivity contribution in [1.29, 1.82) is 0 Å². The second kappa shape index (κ2) is 7.41. The first kappa shape index (κ1) is 17.2. The molecule has 24 heavy (non-hydrogen) atoms. The highest BCUT2D eigenvalue weighted by atomic mass is 16.6. The molecule has 0 spiro atoms. The minimum absolute atomic E-state index is 0.0607. The third-order valence-corrected chi connectivity index (χ3v) is 3.60. The summed E-state index contributed by atoms with van der Waals surface area (Å²) in [4.78, 5) is 16.6. The van der Waals surface area contributed by atoms with Crippen LogP contribution in [0.2, 0.25) is 0 Å². The van der Waals surface area contributed by atoms with E-state index < -0.39 is 4.92 Å². The summed E-state index contributed by atoms with van der Waals surface area (Å²) in [5, 5.41) is 10.6. The zero-order chi connectivity index (χ0) is 17.7. The standard InChI is InChI=1S/C18H20N4O2/c1-4-14-11-15(7-10-17(14)21(2)3)18(19)20-12-13-5-8-16(9-6-13)22(23)24/h4-11H,1,12H2,2-3H3,(H2,19,20). The predicted molar refractivity (Wildman–Crippen MR) is 98.4 cm³/mol. The van der Waals surface area contributed by atoms with E-state index in [1.54, 1.807) is 18.2 Å². The molecule has 124 valence electrons. The summed E-state index contributed by atoms with van der Waals surface area (Å²) in [7, 11) is 3.93. The molecule has 0 amide bonds. The quantitative estimate of drug-likeness (QED) is 0.383. The van der Waals surface area contributed by atoms with Crippen molar-refractivity contribution in [2.75, 3.05) is 19.0 Å². The SMILES string of the molecule is C=Cc1cc(C(N)=NCc2ccc([N+](=O)[O-])cc2)ccc1N(C)C. The normalized spacial score (nSPS) is 11.2. The van der Waals surface area contributed by atoms with Gasteiger partial charge in [0.1, 0.15) is 5.84 Å².